The van der Waals surface area contributed by atoms with Crippen molar-refractivity contribution in [3.05, 3.63) is 0 Å². The van der Waals surface area contributed by atoms with Crippen LogP contribution in [0.4, 0.5) is 0 Å². The van der Waals surface area contributed by atoms with Crippen molar-refractivity contribution in [2.75, 3.05) is 0 Å². The first-order valence-electron chi connectivity index (χ1n) is 9.49. The Morgan fingerprint density at radius 2 is 1.48 bits per heavy atom. The lowest BCUT2D eigenvalue weighted by Crippen LogP contribution is -2.57. The van der Waals surface area contributed by atoms with Crippen LogP contribution >= 0.6 is 0 Å². The molecule has 0 aromatic heterocycles. The van der Waals surface area contributed by atoms with E-state index in [4.69, 9.17) is 0 Å². The number of hydrogen-bond donors (Lipinski definition) is 4. The first kappa shape index (κ1) is 16.3. The molecule has 4 heteroatoms. The molecule has 0 saturated heterocycles. The molecule has 0 aliphatic heterocycles. The SMILES string of the molecule is C[C@]12C[C@H](O)[C@@H](O)C[C@@H]1CC[C@@H]1[C@@H]2CC[C@]2(C)[C@@H](O)[C@H](O)C[C@@H]12. The third-order valence-electron chi connectivity index (χ3n) is 8.66. The molecule has 4 N–H and O–H groups in total. The molecule has 0 spiro atoms. The Balaban J connectivity index is 1.64. The van der Waals surface area contributed by atoms with Crippen molar-refractivity contribution in [3.63, 3.8) is 0 Å². The lowest BCUT2D eigenvalue weighted by molar-refractivity contribution is -0.163. The maximum Gasteiger partial charge on any atom is 0.0855 e. The van der Waals surface area contributed by atoms with E-state index >= 15 is 0 Å². The first-order chi connectivity index (χ1) is 10.8. The Kier molecular flexibility index (Phi) is 3.67. The van der Waals surface area contributed by atoms with Gasteiger partial charge < -0.3 is 20.4 Å². The molecule has 132 valence electrons. The van der Waals surface area contributed by atoms with E-state index < -0.39 is 24.4 Å². The lowest BCUT2D eigenvalue weighted by atomic mass is 9.45. The summed E-state index contributed by atoms with van der Waals surface area (Å²) in [6, 6.07) is 0. The minimum Gasteiger partial charge on any atom is -0.390 e. The van der Waals surface area contributed by atoms with Crippen LogP contribution in [0.25, 0.3) is 0 Å². The zero-order valence-corrected chi connectivity index (χ0v) is 14.4. The highest BCUT2D eigenvalue weighted by molar-refractivity contribution is 5.12. The van der Waals surface area contributed by atoms with E-state index in [0.717, 1.165) is 38.5 Å². The molecule has 4 fully saturated rings. The second-order valence-electron chi connectivity index (χ2n) is 9.52. The lowest BCUT2D eigenvalue weighted by Gasteiger charge is -2.61. The Hall–Kier alpha value is -0.160. The number of fused-ring (bicyclic) bond motifs is 5. The van der Waals surface area contributed by atoms with Gasteiger partial charge in [-0.2, -0.15) is 0 Å². The highest BCUT2D eigenvalue weighted by atomic mass is 16.3. The predicted molar refractivity (Wildman–Crippen MR) is 86.5 cm³/mol. The van der Waals surface area contributed by atoms with Crippen molar-refractivity contribution in [2.45, 2.75) is 83.2 Å². The Morgan fingerprint density at radius 3 is 2.22 bits per heavy atom. The van der Waals surface area contributed by atoms with Gasteiger partial charge in [-0.3, -0.25) is 0 Å². The van der Waals surface area contributed by atoms with Gasteiger partial charge in [0, 0.05) is 0 Å². The van der Waals surface area contributed by atoms with Crippen LogP contribution in [-0.2, 0) is 0 Å². The number of aliphatic hydroxyl groups is 4. The van der Waals surface area contributed by atoms with Crippen LogP contribution in [0.2, 0.25) is 0 Å². The molecule has 0 amide bonds. The number of rotatable bonds is 0. The zero-order chi connectivity index (χ0) is 16.6. The van der Waals surface area contributed by atoms with Crippen LogP contribution in [-0.4, -0.2) is 44.8 Å². The normalized spacial score (nSPS) is 62.3. The van der Waals surface area contributed by atoms with E-state index in [-0.39, 0.29) is 10.8 Å². The van der Waals surface area contributed by atoms with Gasteiger partial charge in [-0.05, 0) is 79.4 Å². The predicted octanol–water partition coefficient (Wildman–Crippen LogP) is 1.69. The number of aliphatic hydroxyl groups excluding tert-OH is 4. The van der Waals surface area contributed by atoms with Gasteiger partial charge in [-0.25, -0.2) is 0 Å². The maximum absolute atomic E-state index is 10.5. The van der Waals surface area contributed by atoms with Crippen LogP contribution in [0, 0.1) is 34.5 Å². The van der Waals surface area contributed by atoms with Crippen LogP contribution in [0.5, 0.6) is 0 Å². The summed E-state index contributed by atoms with van der Waals surface area (Å²) >= 11 is 0. The van der Waals surface area contributed by atoms with Crippen LogP contribution in [0.15, 0.2) is 0 Å². The van der Waals surface area contributed by atoms with E-state index in [0.29, 0.717) is 30.1 Å². The molecule has 4 saturated carbocycles. The van der Waals surface area contributed by atoms with E-state index in [1.54, 1.807) is 0 Å². The molecule has 0 aromatic carbocycles. The summed E-state index contributed by atoms with van der Waals surface area (Å²) in [4.78, 5) is 0. The minimum absolute atomic E-state index is 0.0986. The topological polar surface area (TPSA) is 80.9 Å². The fraction of sp³-hybridized carbons (Fsp3) is 1.00. The third kappa shape index (κ3) is 2.11. The Labute approximate surface area is 138 Å². The molecule has 4 rings (SSSR count). The zero-order valence-electron chi connectivity index (χ0n) is 14.4. The van der Waals surface area contributed by atoms with Gasteiger partial charge in [0.1, 0.15) is 0 Å². The molecule has 4 aliphatic carbocycles. The fourth-order valence-electron chi connectivity index (χ4n) is 7.26. The molecular weight excluding hydrogens is 292 g/mol. The molecule has 23 heavy (non-hydrogen) atoms. The highest BCUT2D eigenvalue weighted by Crippen LogP contribution is 2.66. The van der Waals surface area contributed by atoms with Crippen LogP contribution < -0.4 is 0 Å². The van der Waals surface area contributed by atoms with Gasteiger partial charge in [0.2, 0.25) is 0 Å². The van der Waals surface area contributed by atoms with Gasteiger partial charge >= 0.3 is 0 Å². The van der Waals surface area contributed by atoms with Crippen molar-refractivity contribution in [2.24, 2.45) is 34.5 Å². The Morgan fingerprint density at radius 1 is 0.739 bits per heavy atom. The van der Waals surface area contributed by atoms with Gasteiger partial charge in [-0.1, -0.05) is 13.8 Å². The quantitative estimate of drug-likeness (QED) is 0.547. The summed E-state index contributed by atoms with van der Waals surface area (Å²) in [5, 5.41) is 41.1. The Bertz CT molecular complexity index is 482. The second-order valence-corrected chi connectivity index (χ2v) is 9.52. The summed E-state index contributed by atoms with van der Waals surface area (Å²) < 4.78 is 0. The summed E-state index contributed by atoms with van der Waals surface area (Å²) in [7, 11) is 0. The molecule has 0 aromatic rings. The average molecular weight is 324 g/mol. The molecule has 4 nitrogen and oxygen atoms in total. The molecular formula is C19H32O4. The van der Waals surface area contributed by atoms with E-state index in [1.807, 2.05) is 0 Å². The van der Waals surface area contributed by atoms with Crippen LogP contribution in [0.3, 0.4) is 0 Å². The molecule has 0 unspecified atom stereocenters. The molecule has 10 atom stereocenters. The monoisotopic (exact) mass is 324 g/mol. The van der Waals surface area contributed by atoms with Gasteiger partial charge in [0.05, 0.1) is 24.4 Å². The summed E-state index contributed by atoms with van der Waals surface area (Å²) in [5.41, 5.74) is -0.0437. The fourth-order valence-corrected chi connectivity index (χ4v) is 7.26. The highest BCUT2D eigenvalue weighted by Gasteiger charge is 2.62. The first-order valence-corrected chi connectivity index (χ1v) is 9.49. The van der Waals surface area contributed by atoms with Crippen molar-refractivity contribution < 1.29 is 20.4 Å². The molecule has 4 aliphatic rings. The molecule has 0 bridgehead atoms. The summed E-state index contributed by atoms with van der Waals surface area (Å²) in [6.45, 7) is 4.50. The van der Waals surface area contributed by atoms with Crippen molar-refractivity contribution in [1.82, 2.24) is 0 Å². The maximum atomic E-state index is 10.5. The minimum atomic E-state index is -0.594. The van der Waals surface area contributed by atoms with E-state index in [1.165, 1.54) is 0 Å². The molecule has 0 radical (unpaired) electrons. The van der Waals surface area contributed by atoms with Gasteiger partial charge in [0.15, 0.2) is 0 Å². The second kappa shape index (κ2) is 5.17. The van der Waals surface area contributed by atoms with Gasteiger partial charge in [0.25, 0.3) is 0 Å². The number of hydrogen-bond acceptors (Lipinski definition) is 4. The van der Waals surface area contributed by atoms with Gasteiger partial charge in [-0.15, -0.1) is 0 Å². The smallest absolute Gasteiger partial charge is 0.0855 e. The largest absolute Gasteiger partial charge is 0.390 e. The van der Waals surface area contributed by atoms with E-state index in [2.05, 4.69) is 13.8 Å². The third-order valence-corrected chi connectivity index (χ3v) is 8.66. The summed E-state index contributed by atoms with van der Waals surface area (Å²) in [6.07, 6.45) is 4.15. The van der Waals surface area contributed by atoms with Crippen molar-refractivity contribution >= 4 is 0 Å². The summed E-state index contributed by atoms with van der Waals surface area (Å²) in [5.74, 6) is 2.00. The molecule has 0 heterocycles. The van der Waals surface area contributed by atoms with Crippen molar-refractivity contribution in [3.8, 4) is 0 Å². The van der Waals surface area contributed by atoms with E-state index in [9.17, 15) is 20.4 Å². The van der Waals surface area contributed by atoms with Crippen LogP contribution in [0.1, 0.15) is 58.8 Å². The average Bonchev–Trinajstić information content (AvgIpc) is 2.73. The van der Waals surface area contributed by atoms with Crippen molar-refractivity contribution in [1.29, 1.82) is 0 Å². The standard InChI is InChI=1S/C19H32O4/c1-18-6-5-12-11(13(18)8-15(21)17(18)23)4-3-10-7-14(20)16(22)9-19(10,12)2/h10-17,20-23H,3-9H2,1-2H3/t10-,11+,12-,13-,14-,15+,16-,17-,18-,19-/m0/s1.